The van der Waals surface area contributed by atoms with Crippen LogP contribution in [0.25, 0.3) is 0 Å². The first-order valence-electron chi connectivity index (χ1n) is 37.2. The summed E-state index contributed by atoms with van der Waals surface area (Å²) < 4.78 is 10.7. The van der Waals surface area contributed by atoms with Gasteiger partial charge in [0.1, 0.15) is 111 Å². The quantitative estimate of drug-likeness (QED) is 0.0293. The number of aromatic hydroxyl groups is 1. The van der Waals surface area contributed by atoms with Crippen molar-refractivity contribution in [2.24, 2.45) is 0 Å². The first-order valence-corrected chi connectivity index (χ1v) is 37.2. The lowest BCUT2D eigenvalue weighted by Crippen LogP contribution is -2.55. The number of fused-ring (bicyclic) bond motifs is 3. The second-order valence-corrected chi connectivity index (χ2v) is 28.2. The van der Waals surface area contributed by atoms with Crippen molar-refractivity contribution in [2.75, 3.05) is 103 Å². The number of phenols is 1. The Hall–Kier alpha value is -13.7. The van der Waals surface area contributed by atoms with Crippen molar-refractivity contribution in [2.45, 2.75) is 118 Å². The summed E-state index contributed by atoms with van der Waals surface area (Å²) in [6, 6.07) is 20.9. The minimum Gasteiger partial charge on any atom is -0.507 e. The largest absolute Gasteiger partial charge is 0.507 e. The molecular weight excluding hydrogens is 1550 g/mol. The molecule has 0 saturated heterocycles. The molecule has 0 bridgehead atoms. The van der Waals surface area contributed by atoms with Crippen LogP contribution in [0.4, 0.5) is 34.1 Å². The maximum Gasteiger partial charge on any atom is 0.252 e. The Morgan fingerprint density at radius 2 is 0.622 bits per heavy atom. The summed E-state index contributed by atoms with van der Waals surface area (Å²) >= 11 is 0. The zero-order chi connectivity index (χ0) is 88.0. The smallest absolute Gasteiger partial charge is 0.252 e. The number of para-hydroxylation sites is 6. The number of ether oxygens (including phenoxy) is 2. The van der Waals surface area contributed by atoms with Crippen LogP contribution < -0.4 is 70.8 Å². The molecule has 3 aliphatic rings. The van der Waals surface area contributed by atoms with Gasteiger partial charge in [0.2, 0.25) is 17.7 Å². The van der Waals surface area contributed by atoms with Gasteiger partial charge in [-0.25, -0.2) is 0 Å². The highest BCUT2D eigenvalue weighted by Crippen LogP contribution is 2.37. The third kappa shape index (κ3) is 23.5. The molecule has 630 valence electrons. The number of nitrogens with one attached hydrogen (secondary N) is 6. The number of methoxy groups -OCH3 is 2. The summed E-state index contributed by atoms with van der Waals surface area (Å²) in [6.07, 6.45) is 0.643. The lowest BCUT2D eigenvalue weighted by molar-refractivity contribution is -0.127. The number of amides is 12. The summed E-state index contributed by atoms with van der Waals surface area (Å²) in [5, 5.41) is 54.1. The number of Topliss-reactive ketones (excluding diaryl/α,β-unsaturated/α-hetero) is 3. The number of hydrogen-bond acceptors (Lipinski definition) is 24. The summed E-state index contributed by atoms with van der Waals surface area (Å²) in [7, 11) is 3.04. The average Bonchev–Trinajstić information content (AvgIpc) is 1.66. The van der Waals surface area contributed by atoms with Crippen LogP contribution in [0.2, 0.25) is 0 Å². The van der Waals surface area contributed by atoms with Crippen LogP contribution in [-0.4, -0.2) is 237 Å². The summed E-state index contributed by atoms with van der Waals surface area (Å²) in [4.78, 5) is 233. The van der Waals surface area contributed by atoms with Gasteiger partial charge < -0.3 is 90.9 Å². The second kappa shape index (κ2) is 42.2. The Morgan fingerprint density at radius 1 is 0.395 bits per heavy atom. The SMILES string of the molecule is CC(=O)C[C@@H](C=O)NC(=O)CN1C(=O)[C@@H](NC(=O)c2cc(C)c(O)c(C)c2)CN(C(=O)CO)c2ccccc21.COc1c(C)cc(C(=O)N[C@H]2CN(C(=O)CO)c3ccccc3N(CC(=O)N[C@H](C=O)CC(C)=O)C2=O)cc1C.COc1c(C)cc(C(=O)N[C@H]2CN(C(=O)CO)c3ccccc3N(CC(=O)N[C@H](C=O)CC(C)=O)C2=O)cc1C. The average molecular weight is 1640 g/mol. The fraction of sp³-hybridized carbons (Fsp3) is 0.349. The molecule has 0 fully saturated rings. The number of aryl methyl sites for hydroxylation is 6. The van der Waals surface area contributed by atoms with Gasteiger partial charge in [0, 0.05) is 36.0 Å². The Labute approximate surface area is 683 Å². The van der Waals surface area contributed by atoms with Crippen LogP contribution >= 0.6 is 0 Å². The second-order valence-electron chi connectivity index (χ2n) is 28.2. The number of phenolic OH excluding ortho intramolecular Hbond substituents is 1. The van der Waals surface area contributed by atoms with E-state index in [0.717, 1.165) is 19.6 Å². The Balaban J connectivity index is 0.000000246. The molecule has 6 aromatic carbocycles. The third-order valence-corrected chi connectivity index (χ3v) is 19.0. The number of rotatable bonds is 29. The van der Waals surface area contributed by atoms with Crippen molar-refractivity contribution in [3.05, 3.63) is 159 Å². The van der Waals surface area contributed by atoms with Gasteiger partial charge in [-0.1, -0.05) is 36.4 Å². The van der Waals surface area contributed by atoms with E-state index < -0.39 is 147 Å². The highest BCUT2D eigenvalue weighted by molar-refractivity contribution is 6.15. The van der Waals surface area contributed by atoms with Crippen LogP contribution in [0.15, 0.2) is 109 Å². The summed E-state index contributed by atoms with van der Waals surface area (Å²) in [5.41, 5.74) is 5.65. The zero-order valence-corrected chi connectivity index (χ0v) is 67.2. The summed E-state index contributed by atoms with van der Waals surface area (Å²) in [6.45, 7) is 8.93. The van der Waals surface area contributed by atoms with Gasteiger partial charge in [0.15, 0.2) is 0 Å². The van der Waals surface area contributed by atoms with Crippen molar-refractivity contribution in [1.82, 2.24) is 31.9 Å². The lowest BCUT2D eigenvalue weighted by Gasteiger charge is -2.25. The van der Waals surface area contributed by atoms with E-state index in [1.807, 2.05) is 0 Å². The van der Waals surface area contributed by atoms with Gasteiger partial charge in [-0.3, -0.25) is 86.6 Å². The fourth-order valence-corrected chi connectivity index (χ4v) is 13.7. The molecule has 6 aromatic rings. The Bertz CT molecular complexity index is 4700. The monoisotopic (exact) mass is 1640 g/mol. The van der Waals surface area contributed by atoms with E-state index in [1.165, 1.54) is 81.2 Å². The molecule has 0 spiro atoms. The molecular formula is C83H94N12O24. The van der Waals surface area contributed by atoms with Gasteiger partial charge in [0.05, 0.1) is 86.1 Å². The first-order chi connectivity index (χ1) is 56.5. The number of ketones is 3. The number of aliphatic hydroxyl groups excluding tert-OH is 3. The number of anilines is 6. The zero-order valence-electron chi connectivity index (χ0n) is 67.2. The van der Waals surface area contributed by atoms with E-state index in [9.17, 15) is 107 Å². The standard InChI is InChI=1S/2C28H32N4O8.C27H30N4O8/c2*1-16-9-19(10-17(2)26(16)40-4)27(38)30-21-12-31(25(37)15-34)22-7-5-6-8-23(22)32(28(21)39)13-24(36)29-20(14-33)11-18(3)35;1-15-8-18(9-16(2)25(15)37)26(38)29-20-11-30(24(36)14-33)21-6-4-5-7-22(21)31(27(20)39)12-23(35)28-19(13-32)10-17(3)34/h2*5-10,14,20-21,34H,11-13,15H2,1-4H3,(H,29,36)(H,30,38);4-9,13,19-20,33,37H,10-12,14H2,1-3H3,(H,28,35)(H,29,38)/t2*20-,21-;19-,20-/m000/s1. The normalized spacial score (nSPS) is 15.5. The van der Waals surface area contributed by atoms with E-state index in [-0.39, 0.29) is 113 Å². The first kappa shape index (κ1) is 92.4. The van der Waals surface area contributed by atoms with Crippen LogP contribution in [0, 0.1) is 41.5 Å². The Kier molecular flexibility index (Phi) is 32.8. The van der Waals surface area contributed by atoms with Crippen LogP contribution in [0.5, 0.6) is 17.2 Å². The predicted octanol–water partition coefficient (Wildman–Crippen LogP) is 1.03. The highest BCUT2D eigenvalue weighted by atomic mass is 16.5. The highest BCUT2D eigenvalue weighted by Gasteiger charge is 2.42. The molecule has 3 aliphatic heterocycles. The van der Waals surface area contributed by atoms with E-state index in [4.69, 9.17) is 9.47 Å². The van der Waals surface area contributed by atoms with Crippen LogP contribution in [0.3, 0.4) is 0 Å². The number of benzene rings is 6. The molecule has 9 rings (SSSR count). The van der Waals surface area contributed by atoms with E-state index in [1.54, 1.807) is 114 Å². The van der Waals surface area contributed by atoms with Crippen molar-refractivity contribution in [3.63, 3.8) is 0 Å². The number of nitrogens with zero attached hydrogens (tertiary/aromatic N) is 6. The van der Waals surface area contributed by atoms with E-state index in [0.29, 0.717) is 63.7 Å². The number of carbonyl (C=O) groups is 18. The Morgan fingerprint density at radius 3 is 0.832 bits per heavy atom. The predicted molar refractivity (Wildman–Crippen MR) is 431 cm³/mol. The lowest BCUT2D eigenvalue weighted by atomic mass is 10.0. The van der Waals surface area contributed by atoms with Gasteiger partial charge in [-0.05, 0) is 168 Å². The van der Waals surface area contributed by atoms with E-state index >= 15 is 0 Å². The number of aldehydes is 3. The number of carbonyl (C=O) groups excluding carboxylic acids is 18. The maximum atomic E-state index is 13.8. The number of hydrogen-bond donors (Lipinski definition) is 10. The molecule has 0 saturated carbocycles. The third-order valence-electron chi connectivity index (χ3n) is 19.0. The summed E-state index contributed by atoms with van der Waals surface area (Å²) in [5.74, 6) is -7.99. The molecule has 119 heavy (non-hydrogen) atoms. The van der Waals surface area contributed by atoms with Crippen LogP contribution in [-0.2, 0) is 71.9 Å². The molecule has 0 aromatic heterocycles. The van der Waals surface area contributed by atoms with Crippen molar-refractivity contribution >= 4 is 141 Å². The molecule has 36 heteroatoms. The molecule has 0 aliphatic carbocycles. The molecule has 0 unspecified atom stereocenters. The maximum absolute atomic E-state index is 13.8. The molecule has 12 amide bonds. The van der Waals surface area contributed by atoms with Crippen molar-refractivity contribution in [1.29, 1.82) is 0 Å². The molecule has 6 atom stereocenters. The molecule has 36 nitrogen and oxygen atoms in total. The van der Waals surface area contributed by atoms with Gasteiger partial charge in [0.25, 0.3) is 53.2 Å². The van der Waals surface area contributed by atoms with E-state index in [2.05, 4.69) is 31.9 Å². The van der Waals surface area contributed by atoms with Gasteiger partial charge >= 0.3 is 0 Å². The molecule has 0 radical (unpaired) electrons. The van der Waals surface area contributed by atoms with Crippen molar-refractivity contribution < 1.29 is 116 Å². The van der Waals surface area contributed by atoms with Gasteiger partial charge in [-0.2, -0.15) is 0 Å². The minimum absolute atomic E-state index is 0.0304. The fourth-order valence-electron chi connectivity index (χ4n) is 13.7. The molecule has 3 heterocycles. The molecule has 10 N–H and O–H groups in total. The van der Waals surface area contributed by atoms with Crippen LogP contribution in [0.1, 0.15) is 104 Å². The van der Waals surface area contributed by atoms with Gasteiger partial charge in [-0.15, -0.1) is 0 Å². The number of aliphatic hydroxyl groups is 3. The minimum atomic E-state index is -1.33. The topological polar surface area (TPSA) is 498 Å². The van der Waals surface area contributed by atoms with Crippen molar-refractivity contribution in [3.8, 4) is 17.2 Å².